The number of nitrogens with one attached hydrogen (secondary N) is 1. The van der Waals surface area contributed by atoms with Gasteiger partial charge in [-0.05, 0) is 27.7 Å². The molecule has 9 heteroatoms. The van der Waals surface area contributed by atoms with E-state index in [1.54, 1.807) is 13.8 Å². The van der Waals surface area contributed by atoms with Gasteiger partial charge in [-0.2, -0.15) is 0 Å². The molecule has 3 N–H and O–H groups in total. The number of nitrogens with two attached hydrogens (primary N) is 1. The van der Waals surface area contributed by atoms with Crippen LogP contribution >= 0.6 is 0 Å². The highest BCUT2D eigenvalue weighted by Gasteiger charge is 2.33. The molecule has 0 amide bonds. The second kappa shape index (κ2) is 7.52. The van der Waals surface area contributed by atoms with Crippen LogP contribution in [0, 0.1) is 0 Å². The summed E-state index contributed by atoms with van der Waals surface area (Å²) in [6, 6.07) is 0. The smallest absolute Gasteiger partial charge is 0.208 e. The summed E-state index contributed by atoms with van der Waals surface area (Å²) in [4.78, 5) is 0. The summed E-state index contributed by atoms with van der Waals surface area (Å²) in [5.41, 5.74) is 5.35. The van der Waals surface area contributed by atoms with Crippen LogP contribution in [0.2, 0.25) is 0 Å². The van der Waals surface area contributed by atoms with Crippen LogP contribution in [-0.4, -0.2) is 64.8 Å². The first kappa shape index (κ1) is 19.8. The molecule has 0 bridgehead atoms. The first-order valence-corrected chi connectivity index (χ1v) is 9.10. The van der Waals surface area contributed by atoms with Crippen molar-refractivity contribution < 1.29 is 27.4 Å². The molecule has 2 fully saturated rings. The monoisotopic (exact) mass is 340 g/mol. The van der Waals surface area contributed by atoms with Gasteiger partial charge in [-0.3, -0.25) is 0 Å². The van der Waals surface area contributed by atoms with E-state index < -0.39 is 21.6 Å². The van der Waals surface area contributed by atoms with Crippen LogP contribution in [0.15, 0.2) is 0 Å². The van der Waals surface area contributed by atoms with Crippen molar-refractivity contribution in [1.82, 2.24) is 4.72 Å². The van der Waals surface area contributed by atoms with Gasteiger partial charge in [0.05, 0.1) is 31.7 Å². The molecule has 2 aliphatic rings. The largest absolute Gasteiger partial charge is 0.348 e. The standard InChI is InChI=1S/C7H15NO4S.C6H13NO2/c1-7(2)11-5-6(12-7)4-8-13(3,9)10;1-6(2)8-4-5(3-7)9-6/h6,8H,4-5H2,1-3H3;5H,3-4,7H2,1-2H3. The van der Waals surface area contributed by atoms with E-state index in [-0.39, 0.29) is 18.8 Å². The van der Waals surface area contributed by atoms with Gasteiger partial charge in [0, 0.05) is 13.1 Å². The molecule has 0 radical (unpaired) electrons. The van der Waals surface area contributed by atoms with Crippen LogP contribution in [0.3, 0.4) is 0 Å². The van der Waals surface area contributed by atoms with Crippen LogP contribution in [-0.2, 0) is 29.0 Å². The van der Waals surface area contributed by atoms with Crippen molar-refractivity contribution in [3.63, 3.8) is 0 Å². The Balaban J connectivity index is 0.000000235. The average Bonchev–Trinajstić information content (AvgIpc) is 2.89. The average molecular weight is 340 g/mol. The van der Waals surface area contributed by atoms with E-state index in [0.29, 0.717) is 19.8 Å². The minimum atomic E-state index is -3.13. The molecule has 2 heterocycles. The number of ether oxygens (including phenoxy) is 4. The summed E-state index contributed by atoms with van der Waals surface area (Å²) < 4.78 is 45.1. The van der Waals surface area contributed by atoms with Crippen molar-refractivity contribution in [3.05, 3.63) is 0 Å². The summed E-state index contributed by atoms with van der Waals surface area (Å²) in [5, 5.41) is 0. The second-order valence-electron chi connectivity index (χ2n) is 6.26. The number of hydrogen-bond acceptors (Lipinski definition) is 7. The zero-order valence-electron chi connectivity index (χ0n) is 13.9. The van der Waals surface area contributed by atoms with E-state index in [2.05, 4.69) is 4.72 Å². The van der Waals surface area contributed by atoms with Crippen LogP contribution in [0.4, 0.5) is 0 Å². The zero-order chi connectivity index (χ0) is 17.0. The minimum absolute atomic E-state index is 0.0972. The lowest BCUT2D eigenvalue weighted by Crippen LogP contribution is -2.33. The van der Waals surface area contributed by atoms with Crippen LogP contribution in [0.1, 0.15) is 27.7 Å². The molecule has 0 spiro atoms. The molecule has 0 aromatic heterocycles. The number of sulfonamides is 1. The molecule has 2 saturated heterocycles. The Bertz CT molecular complexity index is 451. The summed E-state index contributed by atoms with van der Waals surface area (Å²) >= 11 is 0. The van der Waals surface area contributed by atoms with Gasteiger partial charge in [-0.25, -0.2) is 13.1 Å². The summed E-state index contributed by atoms with van der Waals surface area (Å²) in [6.45, 7) is 9.25. The Morgan fingerprint density at radius 2 is 1.50 bits per heavy atom. The highest BCUT2D eigenvalue weighted by molar-refractivity contribution is 7.88. The van der Waals surface area contributed by atoms with Gasteiger partial charge in [0.1, 0.15) is 0 Å². The molecule has 22 heavy (non-hydrogen) atoms. The molecule has 0 saturated carbocycles. The van der Waals surface area contributed by atoms with Crippen molar-refractivity contribution in [2.45, 2.75) is 51.5 Å². The van der Waals surface area contributed by atoms with Gasteiger partial charge < -0.3 is 24.7 Å². The molecule has 2 atom stereocenters. The lowest BCUT2D eigenvalue weighted by molar-refractivity contribution is -0.137. The van der Waals surface area contributed by atoms with Crippen LogP contribution in [0.5, 0.6) is 0 Å². The molecule has 2 aliphatic heterocycles. The fourth-order valence-electron chi connectivity index (χ4n) is 1.99. The van der Waals surface area contributed by atoms with Gasteiger partial charge in [-0.1, -0.05) is 0 Å². The normalized spacial score (nSPS) is 29.9. The summed E-state index contributed by atoms with van der Waals surface area (Å²) in [6.07, 6.45) is 1.03. The van der Waals surface area contributed by atoms with E-state index in [4.69, 9.17) is 24.7 Å². The van der Waals surface area contributed by atoms with Crippen LogP contribution < -0.4 is 10.5 Å². The van der Waals surface area contributed by atoms with Gasteiger partial charge >= 0.3 is 0 Å². The first-order valence-electron chi connectivity index (χ1n) is 7.21. The number of rotatable bonds is 4. The lowest BCUT2D eigenvalue weighted by Gasteiger charge is -2.16. The summed E-state index contributed by atoms with van der Waals surface area (Å²) in [7, 11) is -3.13. The third-order valence-electron chi connectivity index (χ3n) is 2.97. The Kier molecular flexibility index (Phi) is 6.75. The topological polar surface area (TPSA) is 109 Å². The minimum Gasteiger partial charge on any atom is -0.348 e. The van der Waals surface area contributed by atoms with E-state index in [1.807, 2.05) is 13.8 Å². The number of hydrogen-bond donors (Lipinski definition) is 2. The molecule has 0 aromatic carbocycles. The second-order valence-corrected chi connectivity index (χ2v) is 8.09. The Hall–Kier alpha value is -0.290. The highest BCUT2D eigenvalue weighted by Crippen LogP contribution is 2.22. The molecule has 8 nitrogen and oxygen atoms in total. The quantitative estimate of drug-likeness (QED) is 0.728. The fraction of sp³-hybridized carbons (Fsp3) is 1.00. The van der Waals surface area contributed by atoms with Crippen molar-refractivity contribution in [2.24, 2.45) is 5.73 Å². The van der Waals surface area contributed by atoms with Gasteiger partial charge in [0.2, 0.25) is 10.0 Å². The molecule has 0 aliphatic carbocycles. The maximum Gasteiger partial charge on any atom is 0.208 e. The van der Waals surface area contributed by atoms with Crippen molar-refractivity contribution in [3.8, 4) is 0 Å². The molecule has 0 aromatic rings. The Morgan fingerprint density at radius 1 is 1.05 bits per heavy atom. The maximum absolute atomic E-state index is 10.7. The van der Waals surface area contributed by atoms with E-state index >= 15 is 0 Å². The molecular weight excluding hydrogens is 312 g/mol. The zero-order valence-corrected chi connectivity index (χ0v) is 14.7. The third kappa shape index (κ3) is 7.82. The fourth-order valence-corrected chi connectivity index (χ4v) is 2.48. The van der Waals surface area contributed by atoms with Gasteiger partial charge in [-0.15, -0.1) is 0 Å². The highest BCUT2D eigenvalue weighted by atomic mass is 32.2. The van der Waals surface area contributed by atoms with Gasteiger partial charge in [0.25, 0.3) is 0 Å². The first-order chi connectivity index (χ1) is 9.92. The lowest BCUT2D eigenvalue weighted by atomic mass is 10.4. The molecular formula is C13H28N2O6S. The van der Waals surface area contributed by atoms with E-state index in [1.165, 1.54) is 0 Å². The molecule has 132 valence electrons. The third-order valence-corrected chi connectivity index (χ3v) is 3.66. The van der Waals surface area contributed by atoms with E-state index in [0.717, 1.165) is 6.26 Å². The SMILES string of the molecule is CC1(C)OCC(CN)O1.CC1(C)OCC(CNS(C)(=O)=O)O1. The van der Waals surface area contributed by atoms with Crippen molar-refractivity contribution >= 4 is 10.0 Å². The summed E-state index contributed by atoms with van der Waals surface area (Å²) in [5.74, 6) is -1.01. The molecule has 2 rings (SSSR count). The predicted molar refractivity (Wildman–Crippen MR) is 81.7 cm³/mol. The Labute approximate surface area is 132 Å². The Morgan fingerprint density at radius 3 is 1.77 bits per heavy atom. The van der Waals surface area contributed by atoms with Crippen molar-refractivity contribution in [2.75, 3.05) is 32.6 Å². The van der Waals surface area contributed by atoms with Gasteiger partial charge in [0.15, 0.2) is 11.6 Å². The molecule has 2 unspecified atom stereocenters. The van der Waals surface area contributed by atoms with E-state index in [9.17, 15) is 8.42 Å². The van der Waals surface area contributed by atoms with Crippen LogP contribution in [0.25, 0.3) is 0 Å². The van der Waals surface area contributed by atoms with Crippen molar-refractivity contribution in [1.29, 1.82) is 0 Å². The maximum atomic E-state index is 10.7. The predicted octanol–water partition coefficient (Wildman–Crippen LogP) is -0.216.